The van der Waals surface area contributed by atoms with Crippen LogP contribution in [0, 0.1) is 0 Å². The number of amides is 9. The average Bonchev–Trinajstić information content (AvgIpc) is 4.26. The van der Waals surface area contributed by atoms with Crippen molar-refractivity contribution in [2.45, 2.75) is 138 Å². The van der Waals surface area contributed by atoms with Gasteiger partial charge in [0.25, 0.3) is 0 Å². The molecular formula is C49H74N14O14S. The lowest BCUT2D eigenvalue weighted by molar-refractivity contribution is -0.146. The Morgan fingerprint density at radius 2 is 1.19 bits per heavy atom. The first kappa shape index (κ1) is 63.3. The van der Waals surface area contributed by atoms with Crippen LogP contribution in [0.25, 0.3) is 0 Å². The van der Waals surface area contributed by atoms with Gasteiger partial charge in [-0.15, -0.1) is 0 Å². The van der Waals surface area contributed by atoms with Gasteiger partial charge in [-0.2, -0.15) is 12.6 Å². The van der Waals surface area contributed by atoms with Gasteiger partial charge in [-0.1, -0.05) is 30.3 Å². The van der Waals surface area contributed by atoms with Gasteiger partial charge in [0.05, 0.1) is 31.9 Å². The Kier molecular flexibility index (Phi) is 26.4. The lowest BCUT2D eigenvalue weighted by Crippen LogP contribution is -2.60. The van der Waals surface area contributed by atoms with E-state index in [1.807, 2.05) is 0 Å². The third kappa shape index (κ3) is 19.7. The quantitative estimate of drug-likeness (QED) is 0.0236. The van der Waals surface area contributed by atoms with Crippen molar-refractivity contribution in [3.63, 3.8) is 0 Å². The number of carbonyl (C=O) groups is 11. The van der Waals surface area contributed by atoms with Crippen molar-refractivity contribution in [2.24, 2.45) is 17.2 Å². The number of carboxylic acid groups (broad SMARTS) is 2. The zero-order chi connectivity index (χ0) is 57.3. The number of H-pyrrole nitrogens is 1. The van der Waals surface area contributed by atoms with Crippen molar-refractivity contribution >= 4 is 77.7 Å². The molecule has 1 aromatic heterocycles. The summed E-state index contributed by atoms with van der Waals surface area (Å²) >= 11 is 3.94. The Bertz CT molecular complexity index is 2370. The van der Waals surface area contributed by atoms with Crippen molar-refractivity contribution in [1.29, 1.82) is 0 Å². The Balaban J connectivity index is 1.50. The van der Waals surface area contributed by atoms with Gasteiger partial charge in [0.1, 0.15) is 48.3 Å². The van der Waals surface area contributed by atoms with Gasteiger partial charge in [0.15, 0.2) is 0 Å². The van der Waals surface area contributed by atoms with Crippen LogP contribution in [0.3, 0.4) is 0 Å². The predicted molar refractivity (Wildman–Crippen MR) is 281 cm³/mol. The van der Waals surface area contributed by atoms with Crippen molar-refractivity contribution in [3.8, 4) is 0 Å². The van der Waals surface area contributed by atoms with E-state index in [-0.39, 0.29) is 70.5 Å². The Morgan fingerprint density at radius 3 is 1.68 bits per heavy atom. The van der Waals surface area contributed by atoms with Crippen LogP contribution >= 0.6 is 12.6 Å². The molecule has 17 N–H and O–H groups in total. The number of aliphatic carboxylic acids is 2. The van der Waals surface area contributed by atoms with E-state index in [0.29, 0.717) is 49.8 Å². The number of aromatic nitrogens is 2. The molecule has 0 saturated carbocycles. The first-order valence-electron chi connectivity index (χ1n) is 25.8. The number of aliphatic hydroxyl groups excluding tert-OH is 1. The molecule has 0 spiro atoms. The van der Waals surface area contributed by atoms with E-state index < -0.39 is 139 Å². The number of benzene rings is 1. The smallest absolute Gasteiger partial charge is 0.326 e. The summed E-state index contributed by atoms with van der Waals surface area (Å²) in [6.45, 7) is -1.01. The number of hydrogen-bond acceptors (Lipinski definition) is 17. The highest BCUT2D eigenvalue weighted by Gasteiger charge is 2.42. The summed E-state index contributed by atoms with van der Waals surface area (Å²) in [5.74, 6) is -10.2. The normalized spacial score (nSPS) is 17.7. The number of nitrogens with one attached hydrogen (secondary N) is 8. The Morgan fingerprint density at radius 1 is 0.667 bits per heavy atom. The molecular weight excluding hydrogens is 1040 g/mol. The molecule has 3 heterocycles. The van der Waals surface area contributed by atoms with Gasteiger partial charge in [-0.3, -0.25) is 47.9 Å². The fourth-order valence-electron chi connectivity index (χ4n) is 8.94. The predicted octanol–water partition coefficient (Wildman–Crippen LogP) is -4.73. The molecule has 0 radical (unpaired) electrons. The first-order valence-corrected chi connectivity index (χ1v) is 26.5. The van der Waals surface area contributed by atoms with Crippen LogP contribution in [-0.4, -0.2) is 200 Å². The van der Waals surface area contributed by atoms with Crippen LogP contribution in [-0.2, 0) is 65.6 Å². The Hall–Kier alpha value is -7.21. The van der Waals surface area contributed by atoms with Gasteiger partial charge in [0.2, 0.25) is 53.2 Å². The minimum atomic E-state index is -1.64. The maximum atomic E-state index is 14.7. The fraction of sp³-hybridized carbons (Fsp3) is 0.592. The molecule has 9 amide bonds. The SMILES string of the molecule is NCCCC[C@H](NC(=O)[C@@H]1CCCN1C(=O)[C@H](CC(=O)O)NC(=O)CNC(=O)[C@@H](N)CS)C(=O)N[C@@H](Cc1cnc[nH]1)C(=O)N1CCC[C@H]1C(=O)N[C@@H](CCCCN)C(=O)N[C@@H](CO)C(=O)N[C@@H](Cc1ccccc1)C(=O)O. The van der Waals surface area contributed by atoms with Crippen LogP contribution < -0.4 is 54.4 Å². The highest BCUT2D eigenvalue weighted by Crippen LogP contribution is 2.22. The molecule has 430 valence electrons. The number of carbonyl (C=O) groups excluding carboxylic acids is 9. The second-order valence-electron chi connectivity index (χ2n) is 19.0. The number of thiol groups is 1. The number of likely N-dealkylation sites (tertiary alicyclic amines) is 2. The lowest BCUT2D eigenvalue weighted by atomic mass is 10.0. The molecule has 2 aliphatic rings. The van der Waals surface area contributed by atoms with Gasteiger partial charge in [0, 0.05) is 43.6 Å². The molecule has 1 aromatic carbocycles. The van der Waals surface area contributed by atoms with Crippen LogP contribution in [0.4, 0.5) is 0 Å². The van der Waals surface area contributed by atoms with Crippen molar-refractivity contribution < 1.29 is 68.1 Å². The number of unbranched alkanes of at least 4 members (excludes halogenated alkanes) is 2. The number of nitrogens with two attached hydrogens (primary N) is 3. The molecule has 0 bridgehead atoms. The summed E-state index contributed by atoms with van der Waals surface area (Å²) in [5.41, 5.74) is 18.1. The number of hydrogen-bond donors (Lipinski definition) is 15. The summed E-state index contributed by atoms with van der Waals surface area (Å²) in [5, 5.41) is 47.1. The molecule has 2 aliphatic heterocycles. The molecule has 28 nitrogen and oxygen atoms in total. The molecule has 4 rings (SSSR count). The molecule has 9 atom stereocenters. The minimum absolute atomic E-state index is 0.00414. The van der Waals surface area contributed by atoms with Crippen LogP contribution in [0.5, 0.6) is 0 Å². The third-order valence-corrected chi connectivity index (χ3v) is 13.5. The monoisotopic (exact) mass is 1110 g/mol. The van der Waals surface area contributed by atoms with Crippen molar-refractivity contribution in [1.82, 2.24) is 57.0 Å². The molecule has 78 heavy (non-hydrogen) atoms. The second kappa shape index (κ2) is 32.5. The molecule has 2 saturated heterocycles. The summed E-state index contributed by atoms with van der Waals surface area (Å²) in [4.78, 5) is 156. The lowest BCUT2D eigenvalue weighted by Gasteiger charge is -2.31. The van der Waals surface area contributed by atoms with Crippen molar-refractivity contribution in [2.75, 3.05) is 45.1 Å². The second-order valence-corrected chi connectivity index (χ2v) is 19.3. The van der Waals surface area contributed by atoms with Gasteiger partial charge in [-0.25, -0.2) is 9.78 Å². The average molecular weight is 1120 g/mol. The number of imidazole rings is 1. The maximum absolute atomic E-state index is 14.7. The largest absolute Gasteiger partial charge is 0.481 e. The molecule has 29 heteroatoms. The van der Waals surface area contributed by atoms with Crippen LogP contribution in [0.2, 0.25) is 0 Å². The standard InChI is InChI=1S/C49H74N14O14S/c50-16-6-4-12-31(57-46(73)38-15-9-19-63(38)48(75)34(22-40(66)67)56-39(65)24-54-41(68)30(52)26-78)42(69)59-33(21-29-23-53-27-55-29)47(74)62-18-8-14-37(62)45(72)58-32(13-5-7-17-51)43(70)61-36(25-64)44(71)60-35(49(76)77)20-28-10-2-1-3-11-28/h1-3,10-11,23,27,30-38,64,78H,4-9,12-22,24-26,50-52H2,(H,53,55)(H,54,68)(H,56,65)(H,57,73)(H,58,72)(H,59,69)(H,60,71)(H,61,70)(H,66,67)(H,76,77)/t30-,31-,32-,33-,34-,35-,36-,37-,38-/m0/s1. The number of carboxylic acids is 2. The number of nitrogens with zero attached hydrogens (tertiary/aromatic N) is 3. The van der Waals surface area contributed by atoms with Crippen molar-refractivity contribution in [3.05, 3.63) is 54.1 Å². The van der Waals surface area contributed by atoms with E-state index in [2.05, 4.69) is 59.8 Å². The van der Waals surface area contributed by atoms with Crippen LogP contribution in [0.1, 0.15) is 81.9 Å². The van der Waals surface area contributed by atoms with Gasteiger partial charge >= 0.3 is 11.9 Å². The van der Waals surface area contributed by atoms with E-state index in [1.54, 1.807) is 30.3 Å². The zero-order valence-electron chi connectivity index (χ0n) is 43.2. The topological polar surface area (TPSA) is 446 Å². The number of aromatic amines is 1. The Labute approximate surface area is 455 Å². The summed E-state index contributed by atoms with van der Waals surface area (Å²) in [7, 11) is 0. The van der Waals surface area contributed by atoms with E-state index in [9.17, 15) is 68.1 Å². The highest BCUT2D eigenvalue weighted by atomic mass is 32.1. The van der Waals surface area contributed by atoms with Gasteiger partial charge < -0.3 is 84.5 Å². The molecule has 0 aliphatic carbocycles. The van der Waals surface area contributed by atoms with E-state index >= 15 is 0 Å². The van der Waals surface area contributed by atoms with Crippen LogP contribution in [0.15, 0.2) is 42.9 Å². The fourth-order valence-corrected chi connectivity index (χ4v) is 9.11. The summed E-state index contributed by atoms with van der Waals surface area (Å²) < 4.78 is 0. The zero-order valence-corrected chi connectivity index (χ0v) is 44.1. The third-order valence-electron chi connectivity index (χ3n) is 13.1. The molecule has 2 fully saturated rings. The van der Waals surface area contributed by atoms with E-state index in [1.165, 1.54) is 17.4 Å². The summed E-state index contributed by atoms with van der Waals surface area (Å²) in [6, 6.07) is -3.57. The summed E-state index contributed by atoms with van der Waals surface area (Å²) in [6.07, 6.45) is 4.17. The number of aliphatic hydroxyl groups is 1. The van der Waals surface area contributed by atoms with Gasteiger partial charge in [-0.05, 0) is 82.9 Å². The van der Waals surface area contributed by atoms with E-state index in [4.69, 9.17) is 17.2 Å². The minimum Gasteiger partial charge on any atom is -0.481 e. The first-order chi connectivity index (χ1) is 37.3. The van der Waals surface area contributed by atoms with E-state index in [0.717, 1.165) is 4.90 Å². The maximum Gasteiger partial charge on any atom is 0.326 e. The molecule has 2 aromatic rings. The molecule has 0 unspecified atom stereocenters. The number of rotatable bonds is 33. The highest BCUT2D eigenvalue weighted by molar-refractivity contribution is 7.80.